The van der Waals surface area contributed by atoms with Crippen molar-refractivity contribution in [2.45, 2.75) is 13.0 Å². The Morgan fingerprint density at radius 1 is 0.941 bits per heavy atom. The van der Waals surface area contributed by atoms with E-state index in [9.17, 15) is 9.90 Å². The molecule has 1 heterocycles. The predicted molar refractivity (Wildman–Crippen MR) is 139 cm³/mol. The summed E-state index contributed by atoms with van der Waals surface area (Å²) in [6.07, 6.45) is -0.965. The summed E-state index contributed by atoms with van der Waals surface area (Å²) in [6.45, 7) is 1.84. The molecule has 0 fully saturated rings. The summed E-state index contributed by atoms with van der Waals surface area (Å²) in [6, 6.07) is 28.0. The summed E-state index contributed by atoms with van der Waals surface area (Å²) in [4.78, 5) is 13.1. The minimum atomic E-state index is -0.965. The Hall–Kier alpha value is -4.01. The maximum atomic E-state index is 13.1. The van der Waals surface area contributed by atoms with Crippen molar-refractivity contribution in [3.8, 4) is 5.69 Å². The van der Waals surface area contributed by atoms with E-state index >= 15 is 0 Å². The van der Waals surface area contributed by atoms with Crippen LogP contribution in [-0.2, 0) is 7.05 Å². The third-order valence-electron chi connectivity index (χ3n) is 5.51. The zero-order valence-electron chi connectivity index (χ0n) is 18.8. The number of nitrogens with zero attached hydrogens (tertiary/aromatic N) is 3. The molecule has 7 nitrogen and oxygen atoms in total. The Morgan fingerprint density at radius 2 is 1.50 bits per heavy atom. The van der Waals surface area contributed by atoms with Crippen LogP contribution in [0.15, 0.2) is 101 Å². The van der Waals surface area contributed by atoms with Crippen molar-refractivity contribution in [2.75, 3.05) is 5.32 Å². The number of hydrazone groups is 1. The Kier molecular flexibility index (Phi) is 7.01. The van der Waals surface area contributed by atoms with Crippen molar-refractivity contribution >= 4 is 28.7 Å². The fraction of sp³-hybridized carbons (Fsp3) is 0.115. The summed E-state index contributed by atoms with van der Waals surface area (Å²) in [5.41, 5.74) is 6.24. The molecule has 1 unspecified atom stereocenters. The topological polar surface area (TPSA) is 83.6 Å². The first kappa shape index (κ1) is 23.2. The van der Waals surface area contributed by atoms with Gasteiger partial charge >= 0.3 is 0 Å². The SMILES string of the molecule is Cc1c(NC(=S)N/N=C(\c2ccccc2)C(O)c2ccccc2)c(=O)n(-c2ccccc2)n1C. The highest BCUT2D eigenvalue weighted by Gasteiger charge is 2.19. The van der Waals surface area contributed by atoms with Crippen LogP contribution in [0.5, 0.6) is 0 Å². The molecule has 1 atom stereocenters. The average molecular weight is 472 g/mol. The van der Waals surface area contributed by atoms with Gasteiger partial charge in [-0.2, -0.15) is 5.10 Å². The molecule has 0 saturated heterocycles. The van der Waals surface area contributed by atoms with Gasteiger partial charge in [0.15, 0.2) is 5.11 Å². The maximum Gasteiger partial charge on any atom is 0.295 e. The van der Waals surface area contributed by atoms with Crippen LogP contribution in [0.4, 0.5) is 5.69 Å². The van der Waals surface area contributed by atoms with Crippen molar-refractivity contribution in [3.05, 3.63) is 118 Å². The molecule has 0 spiro atoms. The minimum absolute atomic E-state index is 0.139. The summed E-state index contributed by atoms with van der Waals surface area (Å²) in [7, 11) is 1.81. The smallest absolute Gasteiger partial charge is 0.295 e. The second kappa shape index (κ2) is 10.3. The van der Waals surface area contributed by atoms with E-state index in [0.29, 0.717) is 17.0 Å². The molecule has 4 rings (SSSR count). The fourth-order valence-corrected chi connectivity index (χ4v) is 3.80. The number of aromatic nitrogens is 2. The van der Waals surface area contributed by atoms with E-state index in [2.05, 4.69) is 15.8 Å². The molecule has 0 radical (unpaired) electrons. The first-order valence-electron chi connectivity index (χ1n) is 10.7. The van der Waals surface area contributed by atoms with Crippen LogP contribution < -0.4 is 16.3 Å². The molecule has 0 amide bonds. The van der Waals surface area contributed by atoms with Crippen molar-refractivity contribution in [1.82, 2.24) is 14.8 Å². The van der Waals surface area contributed by atoms with Crippen LogP contribution in [0.2, 0.25) is 0 Å². The standard InChI is InChI=1S/C26H25N5O2S/c1-18-22(25(33)31(30(18)2)21-16-10-5-11-17-21)27-26(34)29-28-23(19-12-6-3-7-13-19)24(32)20-14-8-4-9-15-20/h3-17,24,32H,1-2H3,(H2,27,29,34)/b28-23+. The number of aliphatic hydroxyl groups is 1. The summed E-state index contributed by atoms with van der Waals surface area (Å²) in [5, 5.41) is 18.5. The van der Waals surface area contributed by atoms with Crippen molar-refractivity contribution < 1.29 is 5.11 Å². The van der Waals surface area contributed by atoms with Crippen molar-refractivity contribution in [3.63, 3.8) is 0 Å². The van der Waals surface area contributed by atoms with Gasteiger partial charge in [-0.15, -0.1) is 0 Å². The third-order valence-corrected chi connectivity index (χ3v) is 5.71. The van der Waals surface area contributed by atoms with Crippen LogP contribution in [0.3, 0.4) is 0 Å². The van der Waals surface area contributed by atoms with Gasteiger partial charge in [0.2, 0.25) is 0 Å². The molecule has 0 bridgehead atoms. The first-order chi connectivity index (χ1) is 16.5. The molecule has 0 aliphatic rings. The van der Waals surface area contributed by atoms with E-state index in [-0.39, 0.29) is 10.7 Å². The van der Waals surface area contributed by atoms with Gasteiger partial charge < -0.3 is 10.4 Å². The quantitative estimate of drug-likeness (QED) is 0.226. The fourth-order valence-electron chi connectivity index (χ4n) is 3.65. The maximum absolute atomic E-state index is 13.1. The molecule has 34 heavy (non-hydrogen) atoms. The van der Waals surface area contributed by atoms with Gasteiger partial charge in [0, 0.05) is 12.6 Å². The Labute approximate surface area is 203 Å². The molecule has 172 valence electrons. The lowest BCUT2D eigenvalue weighted by Crippen LogP contribution is -2.29. The molecule has 8 heteroatoms. The lowest BCUT2D eigenvalue weighted by atomic mass is 9.99. The van der Waals surface area contributed by atoms with E-state index in [1.165, 1.54) is 0 Å². The number of hydrogen-bond acceptors (Lipinski definition) is 4. The Morgan fingerprint density at radius 3 is 2.12 bits per heavy atom. The first-order valence-corrected chi connectivity index (χ1v) is 11.1. The lowest BCUT2D eigenvalue weighted by Gasteiger charge is -2.15. The number of nitrogens with one attached hydrogen (secondary N) is 2. The number of hydrogen-bond donors (Lipinski definition) is 3. The molecule has 0 aliphatic carbocycles. The average Bonchev–Trinajstić information content (AvgIpc) is 3.08. The number of thiocarbonyl (C=S) groups is 1. The van der Waals surface area contributed by atoms with Gasteiger partial charge in [-0.25, -0.2) is 4.68 Å². The van der Waals surface area contributed by atoms with Crippen molar-refractivity contribution in [1.29, 1.82) is 0 Å². The minimum Gasteiger partial charge on any atom is -0.382 e. The number of benzene rings is 3. The van der Waals surface area contributed by atoms with Gasteiger partial charge in [0.1, 0.15) is 17.5 Å². The lowest BCUT2D eigenvalue weighted by molar-refractivity contribution is 0.247. The van der Waals surface area contributed by atoms with Gasteiger partial charge in [-0.3, -0.25) is 14.9 Å². The number of para-hydroxylation sites is 1. The second-order valence-electron chi connectivity index (χ2n) is 7.68. The highest BCUT2D eigenvalue weighted by atomic mass is 32.1. The molecule has 3 aromatic carbocycles. The van der Waals surface area contributed by atoms with Crippen LogP contribution in [0.25, 0.3) is 5.69 Å². The van der Waals surface area contributed by atoms with Gasteiger partial charge in [0.25, 0.3) is 5.56 Å². The highest BCUT2D eigenvalue weighted by molar-refractivity contribution is 7.80. The molecule has 0 saturated carbocycles. The number of rotatable bonds is 6. The predicted octanol–water partition coefficient (Wildman–Crippen LogP) is 3.91. The van der Waals surface area contributed by atoms with Crippen molar-refractivity contribution in [2.24, 2.45) is 12.1 Å². The largest absolute Gasteiger partial charge is 0.382 e. The summed E-state index contributed by atoms with van der Waals surface area (Å²) < 4.78 is 3.33. The van der Waals surface area contributed by atoms with E-state index in [1.807, 2.05) is 105 Å². The molecular formula is C26H25N5O2S. The van der Waals surface area contributed by atoms with E-state index in [4.69, 9.17) is 12.2 Å². The van der Waals surface area contributed by atoms with Crippen LogP contribution in [0.1, 0.15) is 22.9 Å². The summed E-state index contributed by atoms with van der Waals surface area (Å²) >= 11 is 5.43. The summed E-state index contributed by atoms with van der Waals surface area (Å²) in [5.74, 6) is 0. The Bertz CT molecular complexity index is 1360. The molecule has 3 N–H and O–H groups in total. The number of anilines is 1. The molecule has 4 aromatic rings. The monoisotopic (exact) mass is 471 g/mol. The van der Waals surface area contributed by atoms with Crippen LogP contribution in [0, 0.1) is 6.92 Å². The molecular weight excluding hydrogens is 446 g/mol. The van der Waals surface area contributed by atoms with E-state index < -0.39 is 6.10 Å². The van der Waals surface area contributed by atoms with Crippen LogP contribution in [-0.4, -0.2) is 25.3 Å². The zero-order valence-corrected chi connectivity index (χ0v) is 19.7. The third kappa shape index (κ3) is 4.83. The second-order valence-corrected chi connectivity index (χ2v) is 8.09. The highest BCUT2D eigenvalue weighted by Crippen LogP contribution is 2.19. The molecule has 1 aromatic heterocycles. The molecule has 0 aliphatic heterocycles. The van der Waals surface area contributed by atoms with Gasteiger partial charge in [-0.05, 0) is 36.8 Å². The Balaban J connectivity index is 1.60. The van der Waals surface area contributed by atoms with E-state index in [1.54, 1.807) is 9.36 Å². The normalized spacial score (nSPS) is 12.3. The zero-order chi connectivity index (χ0) is 24.1. The van der Waals surface area contributed by atoms with Gasteiger partial charge in [0.05, 0.1) is 11.4 Å². The van der Waals surface area contributed by atoms with E-state index in [0.717, 1.165) is 16.9 Å². The van der Waals surface area contributed by atoms with Gasteiger partial charge in [-0.1, -0.05) is 78.9 Å². The number of aliphatic hydroxyl groups excluding tert-OH is 1. The van der Waals surface area contributed by atoms with Crippen LogP contribution >= 0.6 is 12.2 Å².